The van der Waals surface area contributed by atoms with Gasteiger partial charge in [0.05, 0.1) is 0 Å². The van der Waals surface area contributed by atoms with Crippen LogP contribution in [0.3, 0.4) is 0 Å². The largest absolute Gasteiger partial charge is 0.301 e. The van der Waals surface area contributed by atoms with Crippen molar-refractivity contribution >= 4 is 0 Å². The third kappa shape index (κ3) is 3.08. The molecule has 2 fully saturated rings. The second-order valence-electron chi connectivity index (χ2n) is 7.79. The first-order valence-electron chi connectivity index (χ1n) is 7.82. The van der Waals surface area contributed by atoms with Crippen LogP contribution < -0.4 is 0 Å². The lowest BCUT2D eigenvalue weighted by Gasteiger charge is -2.50. The van der Waals surface area contributed by atoms with Gasteiger partial charge in [-0.3, -0.25) is 4.90 Å². The van der Waals surface area contributed by atoms with E-state index in [1.165, 1.54) is 51.9 Å². The van der Waals surface area contributed by atoms with E-state index >= 15 is 0 Å². The maximum Gasteiger partial charge on any atom is 0.0125 e. The zero-order valence-corrected chi connectivity index (χ0v) is 13.1. The van der Waals surface area contributed by atoms with Crippen LogP contribution in [0.5, 0.6) is 0 Å². The SMILES string of the molecule is CC(C)N1CCC2(CC1)CCN(C(C)(C)C)CC2. The second-order valence-corrected chi connectivity index (χ2v) is 7.79. The minimum absolute atomic E-state index is 0.361. The minimum atomic E-state index is 0.361. The highest BCUT2D eigenvalue weighted by atomic mass is 15.2. The van der Waals surface area contributed by atoms with Gasteiger partial charge in [0.2, 0.25) is 0 Å². The summed E-state index contributed by atoms with van der Waals surface area (Å²) in [7, 11) is 0. The Labute approximate surface area is 114 Å². The van der Waals surface area contributed by atoms with Crippen molar-refractivity contribution < 1.29 is 0 Å². The predicted octanol–water partition coefficient (Wildman–Crippen LogP) is 3.37. The van der Waals surface area contributed by atoms with Crippen LogP contribution in [-0.2, 0) is 0 Å². The van der Waals surface area contributed by atoms with Gasteiger partial charge in [-0.2, -0.15) is 0 Å². The van der Waals surface area contributed by atoms with Crippen molar-refractivity contribution in [3.05, 3.63) is 0 Å². The van der Waals surface area contributed by atoms with Crippen LogP contribution in [0.15, 0.2) is 0 Å². The first-order chi connectivity index (χ1) is 8.32. The molecule has 0 saturated carbocycles. The highest BCUT2D eigenvalue weighted by molar-refractivity contribution is 4.93. The summed E-state index contributed by atoms with van der Waals surface area (Å²) in [5, 5.41) is 0. The van der Waals surface area contributed by atoms with Gasteiger partial charge in [-0.1, -0.05) is 0 Å². The number of hydrogen-bond acceptors (Lipinski definition) is 2. The maximum atomic E-state index is 2.67. The van der Waals surface area contributed by atoms with Crippen LogP contribution in [0, 0.1) is 5.41 Å². The Morgan fingerprint density at radius 1 is 0.833 bits per heavy atom. The summed E-state index contributed by atoms with van der Waals surface area (Å²) in [4.78, 5) is 5.33. The Kier molecular flexibility index (Phi) is 4.08. The predicted molar refractivity (Wildman–Crippen MR) is 78.9 cm³/mol. The molecule has 2 aliphatic rings. The van der Waals surface area contributed by atoms with Gasteiger partial charge in [-0.15, -0.1) is 0 Å². The summed E-state index contributed by atoms with van der Waals surface area (Å²) in [5.74, 6) is 0. The Balaban J connectivity index is 1.86. The van der Waals surface area contributed by atoms with E-state index in [4.69, 9.17) is 0 Å². The topological polar surface area (TPSA) is 6.48 Å². The molecule has 0 aromatic heterocycles. The summed E-state index contributed by atoms with van der Waals surface area (Å²) in [5.41, 5.74) is 1.05. The fourth-order valence-electron chi connectivity index (χ4n) is 3.67. The Morgan fingerprint density at radius 3 is 1.67 bits per heavy atom. The molecule has 0 radical (unpaired) electrons. The third-order valence-corrected chi connectivity index (χ3v) is 5.36. The standard InChI is InChI=1S/C16H32N2/c1-14(2)17-10-6-16(7-11-17)8-12-18(13-9-16)15(3,4)5/h14H,6-13H2,1-5H3. The van der Waals surface area contributed by atoms with E-state index in [-0.39, 0.29) is 0 Å². The molecule has 0 aromatic carbocycles. The van der Waals surface area contributed by atoms with Crippen molar-refractivity contribution in [2.45, 2.75) is 71.9 Å². The van der Waals surface area contributed by atoms with E-state index in [0.717, 1.165) is 6.04 Å². The Hall–Kier alpha value is -0.0800. The summed E-state index contributed by atoms with van der Waals surface area (Å²) < 4.78 is 0. The molecule has 2 heteroatoms. The maximum absolute atomic E-state index is 2.67. The zero-order valence-electron chi connectivity index (χ0n) is 13.1. The summed E-state index contributed by atoms with van der Waals surface area (Å²) >= 11 is 0. The van der Waals surface area contributed by atoms with E-state index in [0.29, 0.717) is 11.0 Å². The number of hydrogen-bond donors (Lipinski definition) is 0. The molecule has 0 aliphatic carbocycles. The molecule has 18 heavy (non-hydrogen) atoms. The van der Waals surface area contributed by atoms with Gasteiger partial charge in [-0.25, -0.2) is 0 Å². The number of rotatable bonds is 1. The van der Waals surface area contributed by atoms with E-state index in [9.17, 15) is 0 Å². The molecule has 0 unspecified atom stereocenters. The molecule has 2 rings (SSSR count). The first-order valence-corrected chi connectivity index (χ1v) is 7.82. The summed E-state index contributed by atoms with van der Waals surface area (Å²) in [6.45, 7) is 17.0. The second kappa shape index (κ2) is 5.13. The number of nitrogens with zero attached hydrogens (tertiary/aromatic N) is 2. The first kappa shape index (κ1) is 14.3. The van der Waals surface area contributed by atoms with Crippen LogP contribution >= 0.6 is 0 Å². The smallest absolute Gasteiger partial charge is 0.0125 e. The summed E-state index contributed by atoms with van der Waals surface area (Å²) in [6, 6.07) is 0.733. The molecule has 0 N–H and O–H groups in total. The van der Waals surface area contributed by atoms with Crippen molar-refractivity contribution in [1.82, 2.24) is 9.80 Å². The third-order valence-electron chi connectivity index (χ3n) is 5.36. The van der Waals surface area contributed by atoms with Crippen LogP contribution in [0.2, 0.25) is 0 Å². The van der Waals surface area contributed by atoms with Crippen LogP contribution in [-0.4, -0.2) is 47.6 Å². The molecule has 0 atom stereocenters. The fraction of sp³-hybridized carbons (Fsp3) is 1.00. The normalized spacial score (nSPS) is 27.0. The molecule has 1 spiro atoms. The van der Waals surface area contributed by atoms with Gasteiger partial charge in [0.25, 0.3) is 0 Å². The van der Waals surface area contributed by atoms with E-state index < -0.39 is 0 Å². The van der Waals surface area contributed by atoms with E-state index in [1.807, 2.05) is 0 Å². The van der Waals surface area contributed by atoms with Gasteiger partial charge in [0, 0.05) is 11.6 Å². The molecular weight excluding hydrogens is 220 g/mol. The highest BCUT2D eigenvalue weighted by Gasteiger charge is 2.39. The van der Waals surface area contributed by atoms with Gasteiger partial charge < -0.3 is 4.90 Å². The molecule has 0 bridgehead atoms. The number of likely N-dealkylation sites (tertiary alicyclic amines) is 2. The lowest BCUT2D eigenvalue weighted by Crippen LogP contribution is -2.52. The quantitative estimate of drug-likeness (QED) is 0.706. The van der Waals surface area contributed by atoms with Gasteiger partial charge >= 0.3 is 0 Å². The molecule has 106 valence electrons. The molecule has 0 amide bonds. The molecule has 2 heterocycles. The lowest BCUT2D eigenvalue weighted by molar-refractivity contribution is -0.00231. The Morgan fingerprint density at radius 2 is 1.28 bits per heavy atom. The lowest BCUT2D eigenvalue weighted by atomic mass is 9.70. The number of piperidine rings is 2. The van der Waals surface area contributed by atoms with Gasteiger partial charge in [0.15, 0.2) is 0 Å². The summed E-state index contributed by atoms with van der Waals surface area (Å²) in [6.07, 6.45) is 5.72. The minimum Gasteiger partial charge on any atom is -0.301 e. The van der Waals surface area contributed by atoms with Gasteiger partial charge in [0.1, 0.15) is 0 Å². The van der Waals surface area contributed by atoms with Crippen LogP contribution in [0.1, 0.15) is 60.3 Å². The molecule has 2 nitrogen and oxygen atoms in total. The van der Waals surface area contributed by atoms with Crippen molar-refractivity contribution in [3.63, 3.8) is 0 Å². The van der Waals surface area contributed by atoms with Crippen molar-refractivity contribution in [3.8, 4) is 0 Å². The van der Waals surface area contributed by atoms with E-state index in [1.54, 1.807) is 0 Å². The van der Waals surface area contributed by atoms with Crippen molar-refractivity contribution in [1.29, 1.82) is 0 Å². The average molecular weight is 252 g/mol. The highest BCUT2D eigenvalue weighted by Crippen LogP contribution is 2.42. The molecular formula is C16H32N2. The average Bonchev–Trinajstić information content (AvgIpc) is 2.29. The fourth-order valence-corrected chi connectivity index (χ4v) is 3.67. The Bertz CT molecular complexity index is 259. The van der Waals surface area contributed by atoms with Gasteiger partial charge in [-0.05, 0) is 91.9 Å². The van der Waals surface area contributed by atoms with Crippen molar-refractivity contribution in [2.24, 2.45) is 5.41 Å². The molecule has 2 aliphatic heterocycles. The van der Waals surface area contributed by atoms with E-state index in [2.05, 4.69) is 44.4 Å². The molecule has 2 saturated heterocycles. The van der Waals surface area contributed by atoms with Crippen LogP contribution in [0.4, 0.5) is 0 Å². The van der Waals surface area contributed by atoms with Crippen LogP contribution in [0.25, 0.3) is 0 Å². The van der Waals surface area contributed by atoms with Crippen molar-refractivity contribution in [2.75, 3.05) is 26.2 Å². The monoisotopic (exact) mass is 252 g/mol. The zero-order chi connectivity index (χ0) is 13.4. The molecule has 0 aromatic rings.